The van der Waals surface area contributed by atoms with E-state index in [9.17, 15) is 9.59 Å². The van der Waals surface area contributed by atoms with E-state index >= 15 is 0 Å². The quantitative estimate of drug-likeness (QED) is 0.399. The van der Waals surface area contributed by atoms with E-state index in [4.69, 9.17) is 9.26 Å². The van der Waals surface area contributed by atoms with Crippen molar-refractivity contribution in [2.24, 2.45) is 0 Å². The molecule has 1 fully saturated rings. The summed E-state index contributed by atoms with van der Waals surface area (Å²) >= 11 is 0. The van der Waals surface area contributed by atoms with Crippen LogP contribution in [0, 0.1) is 0 Å². The first kappa shape index (κ1) is 24.2. The molecule has 0 saturated carbocycles. The number of para-hydroxylation sites is 1. The number of methoxy groups -OCH3 is 1. The van der Waals surface area contributed by atoms with Gasteiger partial charge in [0.2, 0.25) is 11.7 Å². The van der Waals surface area contributed by atoms with Crippen molar-refractivity contribution in [2.75, 3.05) is 20.2 Å². The molecule has 1 saturated heterocycles. The molecule has 0 unspecified atom stereocenters. The van der Waals surface area contributed by atoms with Crippen molar-refractivity contribution >= 4 is 11.8 Å². The summed E-state index contributed by atoms with van der Waals surface area (Å²) in [5.41, 5.74) is 2.87. The molecule has 3 aromatic carbocycles. The van der Waals surface area contributed by atoms with E-state index in [1.54, 1.807) is 31.4 Å². The van der Waals surface area contributed by atoms with Gasteiger partial charge in [-0.1, -0.05) is 53.7 Å². The third kappa shape index (κ3) is 5.53. The molecule has 0 aliphatic carbocycles. The van der Waals surface area contributed by atoms with E-state index in [1.807, 2.05) is 59.5 Å². The van der Waals surface area contributed by atoms with Gasteiger partial charge in [0.05, 0.1) is 13.0 Å². The lowest BCUT2D eigenvalue weighted by atomic mass is 9.97. The van der Waals surface area contributed by atoms with E-state index < -0.39 is 0 Å². The van der Waals surface area contributed by atoms with Crippen LogP contribution in [0.25, 0.3) is 11.4 Å². The number of hydrogen-bond donors (Lipinski definition) is 1. The van der Waals surface area contributed by atoms with Crippen molar-refractivity contribution in [2.45, 2.75) is 25.3 Å². The first-order valence-electron chi connectivity index (χ1n) is 12.3. The molecular weight excluding hydrogens is 468 g/mol. The molecule has 0 bridgehead atoms. The Bertz CT molecular complexity index is 1370. The standard InChI is InChI=1S/C29H28N4O4/c1-36-25-12-6-5-10-23(25)18-30-27(34)21-15-13-20(14-16-21)26-31-28(37-32-26)24-11-7-17-33(19-24)29(35)22-8-3-2-4-9-22/h2-6,8-10,12-16,24H,7,11,17-19H2,1H3,(H,30,34)/t24-/m0/s1. The number of ether oxygens (including phenoxy) is 1. The third-order valence-electron chi connectivity index (χ3n) is 6.56. The number of likely N-dealkylation sites (tertiary alicyclic amines) is 1. The molecule has 2 heterocycles. The van der Waals surface area contributed by atoms with Gasteiger partial charge in [0, 0.05) is 41.9 Å². The van der Waals surface area contributed by atoms with E-state index in [0.717, 1.165) is 29.7 Å². The molecule has 1 atom stereocenters. The van der Waals surface area contributed by atoms with Crippen LogP contribution < -0.4 is 10.1 Å². The Morgan fingerprint density at radius 1 is 1.00 bits per heavy atom. The fourth-order valence-electron chi connectivity index (χ4n) is 4.54. The summed E-state index contributed by atoms with van der Waals surface area (Å²) in [6.45, 7) is 1.62. The molecule has 5 rings (SSSR count). The average Bonchev–Trinajstić information content (AvgIpc) is 3.47. The highest BCUT2D eigenvalue weighted by Gasteiger charge is 2.29. The highest BCUT2D eigenvalue weighted by molar-refractivity contribution is 5.95. The second-order valence-corrected chi connectivity index (χ2v) is 8.98. The van der Waals surface area contributed by atoms with Gasteiger partial charge in [-0.2, -0.15) is 4.98 Å². The van der Waals surface area contributed by atoms with Crippen LogP contribution in [0.2, 0.25) is 0 Å². The Hall–Kier alpha value is -4.46. The van der Waals surface area contributed by atoms with Crippen LogP contribution >= 0.6 is 0 Å². The highest BCUT2D eigenvalue weighted by atomic mass is 16.5. The molecule has 8 heteroatoms. The van der Waals surface area contributed by atoms with Gasteiger partial charge in [-0.3, -0.25) is 9.59 Å². The highest BCUT2D eigenvalue weighted by Crippen LogP contribution is 2.28. The molecule has 2 amide bonds. The number of benzene rings is 3. The third-order valence-corrected chi connectivity index (χ3v) is 6.56. The van der Waals surface area contributed by atoms with Crippen molar-refractivity contribution in [1.29, 1.82) is 0 Å². The number of aromatic nitrogens is 2. The summed E-state index contributed by atoms with van der Waals surface area (Å²) in [6.07, 6.45) is 1.76. The Labute approximate surface area is 215 Å². The minimum absolute atomic E-state index is 0.0114. The molecule has 1 aliphatic rings. The SMILES string of the molecule is COc1ccccc1CNC(=O)c1ccc(-c2noc([C@H]3CCCN(C(=O)c4ccccc4)C3)n2)cc1. The van der Waals surface area contributed by atoms with Gasteiger partial charge in [0.25, 0.3) is 11.8 Å². The maximum Gasteiger partial charge on any atom is 0.253 e. The molecule has 1 aromatic heterocycles. The van der Waals surface area contributed by atoms with E-state index in [2.05, 4.69) is 15.5 Å². The van der Waals surface area contributed by atoms with Gasteiger partial charge in [-0.15, -0.1) is 0 Å². The molecule has 0 spiro atoms. The van der Waals surface area contributed by atoms with Crippen LogP contribution in [-0.2, 0) is 6.54 Å². The maximum atomic E-state index is 12.9. The largest absolute Gasteiger partial charge is 0.496 e. The monoisotopic (exact) mass is 496 g/mol. The Morgan fingerprint density at radius 2 is 1.76 bits per heavy atom. The molecule has 8 nitrogen and oxygen atoms in total. The number of carbonyl (C=O) groups is 2. The fourth-order valence-corrected chi connectivity index (χ4v) is 4.54. The number of nitrogens with one attached hydrogen (secondary N) is 1. The maximum absolute atomic E-state index is 12.9. The zero-order chi connectivity index (χ0) is 25.6. The van der Waals surface area contributed by atoms with Crippen molar-refractivity contribution in [3.8, 4) is 17.1 Å². The van der Waals surface area contributed by atoms with E-state index in [1.165, 1.54) is 0 Å². The first-order valence-corrected chi connectivity index (χ1v) is 12.3. The van der Waals surface area contributed by atoms with Crippen molar-refractivity contribution in [3.05, 3.63) is 101 Å². The molecule has 1 N–H and O–H groups in total. The number of hydrogen-bond acceptors (Lipinski definition) is 6. The summed E-state index contributed by atoms with van der Waals surface area (Å²) in [5.74, 6) is 1.54. The van der Waals surface area contributed by atoms with Crippen LogP contribution in [0.4, 0.5) is 0 Å². The predicted octanol–water partition coefficient (Wildman–Crippen LogP) is 4.70. The van der Waals surface area contributed by atoms with Crippen LogP contribution in [0.15, 0.2) is 83.4 Å². The van der Waals surface area contributed by atoms with Gasteiger partial charge in [0.15, 0.2) is 0 Å². The second-order valence-electron chi connectivity index (χ2n) is 8.98. The number of nitrogens with zero attached hydrogens (tertiary/aromatic N) is 3. The molecule has 4 aromatic rings. The normalized spacial score (nSPS) is 15.3. The molecule has 188 valence electrons. The number of amides is 2. The molecular formula is C29H28N4O4. The van der Waals surface area contributed by atoms with Crippen LogP contribution in [-0.4, -0.2) is 47.1 Å². The number of rotatable bonds is 7. The predicted molar refractivity (Wildman–Crippen MR) is 138 cm³/mol. The van der Waals surface area contributed by atoms with Gasteiger partial charge < -0.3 is 19.5 Å². The average molecular weight is 497 g/mol. The minimum atomic E-state index is -0.184. The summed E-state index contributed by atoms with van der Waals surface area (Å²) in [7, 11) is 1.61. The summed E-state index contributed by atoms with van der Waals surface area (Å²) < 4.78 is 10.9. The molecule has 0 radical (unpaired) electrons. The summed E-state index contributed by atoms with van der Waals surface area (Å²) in [6, 6.07) is 24.0. The lowest BCUT2D eigenvalue weighted by molar-refractivity contribution is 0.0695. The van der Waals surface area contributed by atoms with Gasteiger partial charge in [0.1, 0.15) is 5.75 Å². The van der Waals surface area contributed by atoms with Crippen LogP contribution in [0.5, 0.6) is 5.75 Å². The number of carbonyl (C=O) groups excluding carboxylic acids is 2. The lowest BCUT2D eigenvalue weighted by Gasteiger charge is -2.31. The minimum Gasteiger partial charge on any atom is -0.496 e. The molecule has 1 aliphatic heterocycles. The van der Waals surface area contributed by atoms with E-state index in [-0.39, 0.29) is 17.7 Å². The number of piperidine rings is 1. The van der Waals surface area contributed by atoms with Crippen molar-refractivity contribution in [1.82, 2.24) is 20.4 Å². The smallest absolute Gasteiger partial charge is 0.253 e. The van der Waals surface area contributed by atoms with Gasteiger partial charge in [-0.05, 0) is 43.2 Å². The zero-order valence-corrected chi connectivity index (χ0v) is 20.6. The lowest BCUT2D eigenvalue weighted by Crippen LogP contribution is -2.39. The first-order chi connectivity index (χ1) is 18.1. The Balaban J connectivity index is 1.21. The second kappa shape index (κ2) is 11.1. The topological polar surface area (TPSA) is 97.6 Å². The summed E-state index contributed by atoms with van der Waals surface area (Å²) in [5, 5.41) is 7.08. The zero-order valence-electron chi connectivity index (χ0n) is 20.6. The van der Waals surface area contributed by atoms with Gasteiger partial charge in [-0.25, -0.2) is 0 Å². The fraction of sp³-hybridized carbons (Fsp3) is 0.241. The molecule has 37 heavy (non-hydrogen) atoms. The van der Waals surface area contributed by atoms with Crippen molar-refractivity contribution in [3.63, 3.8) is 0 Å². The summed E-state index contributed by atoms with van der Waals surface area (Å²) in [4.78, 5) is 32.0. The van der Waals surface area contributed by atoms with Gasteiger partial charge >= 0.3 is 0 Å². The van der Waals surface area contributed by atoms with Crippen LogP contribution in [0.3, 0.4) is 0 Å². The Kier molecular flexibility index (Phi) is 7.26. The Morgan fingerprint density at radius 3 is 2.54 bits per heavy atom. The van der Waals surface area contributed by atoms with E-state index in [0.29, 0.717) is 42.5 Å². The van der Waals surface area contributed by atoms with Crippen molar-refractivity contribution < 1.29 is 18.8 Å². The van der Waals surface area contributed by atoms with Crippen LogP contribution in [0.1, 0.15) is 50.9 Å².